The summed E-state index contributed by atoms with van der Waals surface area (Å²) in [5.41, 5.74) is 5.52. The molecule has 5 atom stereocenters. The highest BCUT2D eigenvalue weighted by Gasteiger charge is 2.47. The zero-order chi connectivity index (χ0) is 38.8. The SMILES string of the molecule is CCc1cc(-c2cccc(O)c2)c(Cc2cc(OC3CCCC3)cc3c2OC[C@H]([C@H]2[C@H](CCCOC)Oc4ccc(OC5CCCC5)cc4[C@@H]2O)[C@@H]3O)cc1O. The van der Waals surface area contributed by atoms with Crippen LogP contribution in [-0.4, -0.2) is 59.1 Å². The largest absolute Gasteiger partial charge is 0.508 e. The van der Waals surface area contributed by atoms with E-state index in [4.69, 9.17) is 23.7 Å². The summed E-state index contributed by atoms with van der Waals surface area (Å²) in [7, 11) is 1.68. The van der Waals surface area contributed by atoms with E-state index < -0.39 is 24.0 Å². The Kier molecular flexibility index (Phi) is 11.6. The first-order valence-electron chi connectivity index (χ1n) is 20.7. The predicted molar refractivity (Wildman–Crippen MR) is 214 cm³/mol. The molecule has 8 rings (SSSR count). The fourth-order valence-corrected chi connectivity index (χ4v) is 9.53. The van der Waals surface area contributed by atoms with E-state index in [9.17, 15) is 20.4 Å². The number of methoxy groups -OCH3 is 1. The number of fused-ring (bicyclic) bond motifs is 2. The van der Waals surface area contributed by atoms with Gasteiger partial charge < -0.3 is 44.1 Å². The first kappa shape index (κ1) is 38.4. The molecule has 0 amide bonds. The summed E-state index contributed by atoms with van der Waals surface area (Å²) < 4.78 is 31.7. The maximum absolute atomic E-state index is 12.5. The van der Waals surface area contributed by atoms with Gasteiger partial charge in [0.05, 0.1) is 31.0 Å². The first-order valence-corrected chi connectivity index (χ1v) is 20.7. The van der Waals surface area contributed by atoms with Gasteiger partial charge in [0.2, 0.25) is 0 Å². The summed E-state index contributed by atoms with van der Waals surface area (Å²) in [6, 6.07) is 20.6. The van der Waals surface area contributed by atoms with Crippen molar-refractivity contribution >= 4 is 0 Å². The molecule has 4 aliphatic rings. The molecule has 2 heterocycles. The van der Waals surface area contributed by atoms with Crippen molar-refractivity contribution in [3.63, 3.8) is 0 Å². The Labute approximate surface area is 330 Å². The van der Waals surface area contributed by atoms with Crippen LogP contribution < -0.4 is 18.9 Å². The summed E-state index contributed by atoms with van der Waals surface area (Å²) >= 11 is 0. The lowest BCUT2D eigenvalue weighted by Gasteiger charge is -2.45. The zero-order valence-electron chi connectivity index (χ0n) is 32.6. The van der Waals surface area contributed by atoms with E-state index >= 15 is 0 Å². The molecular formula is C47H56O9. The van der Waals surface area contributed by atoms with Gasteiger partial charge in [0.1, 0.15) is 40.6 Å². The fraction of sp³-hybridized carbons (Fsp3) is 0.489. The minimum absolute atomic E-state index is 0.0879. The molecule has 56 heavy (non-hydrogen) atoms. The Bertz CT molecular complexity index is 1980. The number of aliphatic hydroxyl groups excluding tert-OH is 2. The molecule has 9 heteroatoms. The van der Waals surface area contributed by atoms with Crippen LogP contribution in [0.5, 0.6) is 34.5 Å². The van der Waals surface area contributed by atoms with Gasteiger partial charge in [-0.15, -0.1) is 0 Å². The number of hydrogen-bond donors (Lipinski definition) is 4. The minimum atomic E-state index is -0.987. The molecule has 0 unspecified atom stereocenters. The fourth-order valence-electron chi connectivity index (χ4n) is 9.53. The predicted octanol–water partition coefficient (Wildman–Crippen LogP) is 9.14. The Morgan fingerprint density at radius 1 is 0.750 bits per heavy atom. The van der Waals surface area contributed by atoms with Crippen LogP contribution >= 0.6 is 0 Å². The Hall–Kier alpha value is -4.44. The van der Waals surface area contributed by atoms with E-state index in [2.05, 4.69) is 0 Å². The Balaban J connectivity index is 1.16. The summed E-state index contributed by atoms with van der Waals surface area (Å²) in [5.74, 6) is 2.00. The monoisotopic (exact) mass is 764 g/mol. The third-order valence-electron chi connectivity index (χ3n) is 12.4. The van der Waals surface area contributed by atoms with Crippen molar-refractivity contribution in [3.8, 4) is 45.6 Å². The highest BCUT2D eigenvalue weighted by Crippen LogP contribution is 2.52. The van der Waals surface area contributed by atoms with Crippen molar-refractivity contribution in [2.75, 3.05) is 20.3 Å². The Morgan fingerprint density at radius 2 is 1.48 bits per heavy atom. The number of phenols is 2. The van der Waals surface area contributed by atoms with Gasteiger partial charge in [0, 0.05) is 48.7 Å². The highest BCUT2D eigenvalue weighted by atomic mass is 16.5. The van der Waals surface area contributed by atoms with Crippen molar-refractivity contribution < 1.29 is 44.1 Å². The van der Waals surface area contributed by atoms with Gasteiger partial charge in [-0.3, -0.25) is 0 Å². The van der Waals surface area contributed by atoms with Crippen LogP contribution in [0.4, 0.5) is 0 Å². The number of aryl methyl sites for hydroxylation is 1. The van der Waals surface area contributed by atoms with Crippen molar-refractivity contribution in [3.05, 3.63) is 94.5 Å². The summed E-state index contributed by atoms with van der Waals surface area (Å²) in [5, 5.41) is 46.3. The number of ether oxygens (including phenoxy) is 5. The Morgan fingerprint density at radius 3 is 2.20 bits per heavy atom. The summed E-state index contributed by atoms with van der Waals surface area (Å²) in [4.78, 5) is 0. The van der Waals surface area contributed by atoms with Gasteiger partial charge >= 0.3 is 0 Å². The lowest BCUT2D eigenvalue weighted by Crippen LogP contribution is -2.46. The smallest absolute Gasteiger partial charge is 0.128 e. The maximum Gasteiger partial charge on any atom is 0.128 e. The average Bonchev–Trinajstić information content (AvgIpc) is 3.91. The van der Waals surface area contributed by atoms with Gasteiger partial charge in [-0.25, -0.2) is 0 Å². The molecule has 0 bridgehead atoms. The minimum Gasteiger partial charge on any atom is -0.508 e. The molecule has 0 aromatic heterocycles. The van der Waals surface area contributed by atoms with Gasteiger partial charge in [-0.2, -0.15) is 0 Å². The number of phenolic OH excluding ortho intramolecular Hbond substituents is 2. The number of rotatable bonds is 13. The number of benzene rings is 4. The van der Waals surface area contributed by atoms with Gasteiger partial charge in [-0.1, -0.05) is 19.1 Å². The van der Waals surface area contributed by atoms with Crippen LogP contribution in [0, 0.1) is 11.8 Å². The lowest BCUT2D eigenvalue weighted by atomic mass is 9.72. The standard InChI is InChI=1S/C47H56O9/c1-3-28-23-37(29-10-8-11-32(48)21-29)30(24-41(28)49)20-31-22-36(55-34-14-6-7-15-34)26-39-45(50)40(27-53-47(31)39)44-43(16-9-19-52-2)56-42-18-17-35(25-38(42)46(44)51)54-33-12-4-5-13-33/h8,10-11,17-18,21-26,33-34,40,43-46,48-51H,3-7,9,12-16,19-20,27H2,1-2H3/t40-,43+,44+,45-,46+/m1/s1. The van der Waals surface area contributed by atoms with Crippen molar-refractivity contribution in [2.45, 2.75) is 114 Å². The van der Waals surface area contributed by atoms with Crippen LogP contribution in [0.25, 0.3) is 11.1 Å². The van der Waals surface area contributed by atoms with Gasteiger partial charge in [0.15, 0.2) is 0 Å². The van der Waals surface area contributed by atoms with Crippen LogP contribution in [0.3, 0.4) is 0 Å². The molecule has 0 radical (unpaired) electrons. The van der Waals surface area contributed by atoms with E-state index in [0.717, 1.165) is 91.4 Å². The maximum atomic E-state index is 12.5. The molecule has 0 spiro atoms. The van der Waals surface area contributed by atoms with E-state index in [-0.39, 0.29) is 36.4 Å². The van der Waals surface area contributed by atoms with E-state index in [0.29, 0.717) is 54.2 Å². The van der Waals surface area contributed by atoms with Gasteiger partial charge in [-0.05, 0) is 147 Å². The average molecular weight is 765 g/mol. The molecule has 2 fully saturated rings. The van der Waals surface area contributed by atoms with Crippen LogP contribution in [0.2, 0.25) is 0 Å². The molecule has 0 saturated heterocycles. The molecule has 2 saturated carbocycles. The second-order valence-corrected chi connectivity index (χ2v) is 16.2. The molecule has 2 aliphatic carbocycles. The molecule has 4 N–H and O–H groups in total. The quantitative estimate of drug-likeness (QED) is 0.0987. The molecular weight excluding hydrogens is 709 g/mol. The van der Waals surface area contributed by atoms with E-state index in [1.807, 2.05) is 55.5 Å². The van der Waals surface area contributed by atoms with Crippen LogP contribution in [0.1, 0.15) is 111 Å². The molecule has 298 valence electrons. The van der Waals surface area contributed by atoms with Gasteiger partial charge in [0.25, 0.3) is 0 Å². The topological polar surface area (TPSA) is 127 Å². The third-order valence-corrected chi connectivity index (χ3v) is 12.4. The summed E-state index contributed by atoms with van der Waals surface area (Å²) in [6.07, 6.45) is 8.94. The van der Waals surface area contributed by atoms with Crippen LogP contribution in [-0.2, 0) is 17.6 Å². The molecule has 4 aromatic carbocycles. The number of hydrogen-bond acceptors (Lipinski definition) is 9. The first-order chi connectivity index (χ1) is 27.3. The lowest BCUT2D eigenvalue weighted by molar-refractivity contribution is -0.0890. The van der Waals surface area contributed by atoms with E-state index in [1.165, 1.54) is 0 Å². The second-order valence-electron chi connectivity index (χ2n) is 16.2. The third kappa shape index (κ3) is 8.04. The second kappa shape index (κ2) is 17.0. The van der Waals surface area contributed by atoms with Crippen LogP contribution in [0.15, 0.2) is 66.7 Å². The number of aliphatic hydroxyl groups is 2. The normalized spacial score (nSPS) is 23.6. The molecule has 4 aromatic rings. The van der Waals surface area contributed by atoms with Crippen molar-refractivity contribution in [1.29, 1.82) is 0 Å². The van der Waals surface area contributed by atoms with Crippen molar-refractivity contribution in [1.82, 2.24) is 0 Å². The molecule has 9 nitrogen and oxygen atoms in total. The summed E-state index contributed by atoms with van der Waals surface area (Å²) in [6.45, 7) is 2.73. The van der Waals surface area contributed by atoms with E-state index in [1.54, 1.807) is 25.3 Å². The number of aromatic hydroxyl groups is 2. The zero-order valence-corrected chi connectivity index (χ0v) is 32.6. The molecule has 2 aliphatic heterocycles. The van der Waals surface area contributed by atoms with Crippen molar-refractivity contribution in [2.24, 2.45) is 11.8 Å². The highest BCUT2D eigenvalue weighted by molar-refractivity contribution is 5.72.